The van der Waals surface area contributed by atoms with Gasteiger partial charge >= 0.3 is 6.03 Å². The second-order valence-corrected chi connectivity index (χ2v) is 6.84. The molecule has 0 radical (unpaired) electrons. The molecule has 6 heteroatoms. The van der Waals surface area contributed by atoms with Gasteiger partial charge in [-0.1, -0.05) is 36.4 Å². The van der Waals surface area contributed by atoms with Crippen molar-refractivity contribution in [3.8, 4) is 0 Å². The second-order valence-electron chi connectivity index (χ2n) is 5.86. The van der Waals surface area contributed by atoms with E-state index in [2.05, 4.69) is 27.0 Å². The highest BCUT2D eigenvalue weighted by Gasteiger charge is 2.28. The number of likely N-dealkylation sites (tertiary alicyclic amines) is 1. The molecule has 1 aromatic carbocycles. The first kappa shape index (κ1) is 16.7. The topological polar surface area (TPSA) is 61.4 Å². The van der Waals surface area contributed by atoms with E-state index in [1.165, 1.54) is 4.88 Å². The van der Waals surface area contributed by atoms with E-state index in [1.54, 1.807) is 11.3 Å². The predicted octanol–water partition coefficient (Wildman–Crippen LogP) is 2.91. The van der Waals surface area contributed by atoms with Gasteiger partial charge in [0.1, 0.15) is 0 Å². The number of benzene rings is 1. The van der Waals surface area contributed by atoms with Crippen LogP contribution in [0.2, 0.25) is 0 Å². The Balaban J connectivity index is 1.45. The Labute approximate surface area is 145 Å². The molecule has 2 N–H and O–H groups in total. The Morgan fingerprint density at radius 3 is 2.75 bits per heavy atom. The van der Waals surface area contributed by atoms with E-state index in [0.29, 0.717) is 12.6 Å². The van der Waals surface area contributed by atoms with Gasteiger partial charge in [0.15, 0.2) is 0 Å². The van der Waals surface area contributed by atoms with Crippen LogP contribution < -0.4 is 10.6 Å². The number of thiophene rings is 1. The molecular formula is C18H21N3O2S. The molecule has 2 aromatic rings. The normalized spacial score (nSPS) is 17.6. The van der Waals surface area contributed by atoms with Crippen LogP contribution in [0.25, 0.3) is 0 Å². The summed E-state index contributed by atoms with van der Waals surface area (Å²) in [6.45, 7) is 1.55. The van der Waals surface area contributed by atoms with Gasteiger partial charge in [-0.15, -0.1) is 11.3 Å². The molecule has 5 nitrogen and oxygen atoms in total. The lowest BCUT2D eigenvalue weighted by Crippen LogP contribution is -2.44. The monoisotopic (exact) mass is 343 g/mol. The molecule has 3 rings (SSSR count). The average Bonchev–Trinajstić information content (AvgIpc) is 3.25. The van der Waals surface area contributed by atoms with Gasteiger partial charge < -0.3 is 5.32 Å². The number of hydrogen-bond acceptors (Lipinski definition) is 4. The lowest BCUT2D eigenvalue weighted by Gasteiger charge is -2.22. The molecule has 0 aliphatic carbocycles. The van der Waals surface area contributed by atoms with Crippen LogP contribution in [0, 0.1) is 0 Å². The molecule has 1 aliphatic heterocycles. The summed E-state index contributed by atoms with van der Waals surface area (Å²) in [5.74, 6) is -0.260. The fourth-order valence-corrected chi connectivity index (χ4v) is 3.89. The quantitative estimate of drug-likeness (QED) is 0.877. The Kier molecular flexibility index (Phi) is 5.61. The Hall–Kier alpha value is -2.18. The van der Waals surface area contributed by atoms with Crippen molar-refractivity contribution in [1.29, 1.82) is 0 Å². The van der Waals surface area contributed by atoms with E-state index < -0.39 is 6.03 Å². The predicted molar refractivity (Wildman–Crippen MR) is 94.7 cm³/mol. The van der Waals surface area contributed by atoms with Crippen molar-refractivity contribution in [1.82, 2.24) is 15.5 Å². The second kappa shape index (κ2) is 8.08. The van der Waals surface area contributed by atoms with Crippen LogP contribution in [0.15, 0.2) is 47.8 Å². The maximum absolute atomic E-state index is 12.1. The summed E-state index contributed by atoms with van der Waals surface area (Å²) in [5, 5.41) is 7.18. The van der Waals surface area contributed by atoms with Gasteiger partial charge in [-0.05, 0) is 36.4 Å². The van der Waals surface area contributed by atoms with E-state index in [0.717, 1.165) is 24.9 Å². The van der Waals surface area contributed by atoms with Gasteiger partial charge in [-0.3, -0.25) is 15.0 Å². The first-order valence-electron chi connectivity index (χ1n) is 8.11. The molecule has 1 aromatic heterocycles. The molecule has 0 unspecified atom stereocenters. The summed E-state index contributed by atoms with van der Waals surface area (Å²) < 4.78 is 0. The molecular weight excluding hydrogens is 322 g/mol. The Morgan fingerprint density at radius 2 is 2.00 bits per heavy atom. The van der Waals surface area contributed by atoms with Crippen LogP contribution in [0.1, 0.15) is 29.3 Å². The van der Waals surface area contributed by atoms with Gasteiger partial charge in [0.05, 0.1) is 6.54 Å². The summed E-state index contributed by atoms with van der Waals surface area (Å²) in [4.78, 5) is 27.4. The standard InChI is InChI=1S/C18H21N3O2S/c22-17(20-18(23)19-12-14-6-2-1-3-7-14)13-21-10-4-8-15(21)16-9-5-11-24-16/h1-3,5-7,9,11,15H,4,8,10,12-13H2,(H2,19,20,22,23)/t15-/m0/s1. The molecule has 24 heavy (non-hydrogen) atoms. The minimum Gasteiger partial charge on any atom is -0.334 e. The van der Waals surface area contributed by atoms with Crippen molar-refractivity contribution in [2.45, 2.75) is 25.4 Å². The number of carbonyl (C=O) groups is 2. The SMILES string of the molecule is O=C(CN1CCC[C@H]1c1cccs1)NC(=O)NCc1ccccc1. The van der Waals surface area contributed by atoms with Crippen LogP contribution in [-0.2, 0) is 11.3 Å². The minimum atomic E-state index is -0.448. The molecule has 1 aliphatic rings. The summed E-state index contributed by atoms with van der Waals surface area (Å²) in [7, 11) is 0. The maximum Gasteiger partial charge on any atom is 0.321 e. The van der Waals surface area contributed by atoms with Gasteiger partial charge in [0.2, 0.25) is 5.91 Å². The van der Waals surface area contributed by atoms with Crippen LogP contribution >= 0.6 is 11.3 Å². The molecule has 2 heterocycles. The number of nitrogens with zero attached hydrogens (tertiary/aromatic N) is 1. The van der Waals surface area contributed by atoms with E-state index in [9.17, 15) is 9.59 Å². The Bertz CT molecular complexity index is 673. The highest BCUT2D eigenvalue weighted by Crippen LogP contribution is 2.33. The van der Waals surface area contributed by atoms with Crippen molar-refractivity contribution < 1.29 is 9.59 Å². The molecule has 0 saturated carbocycles. The first-order chi connectivity index (χ1) is 11.7. The van der Waals surface area contributed by atoms with Crippen LogP contribution in [0.3, 0.4) is 0 Å². The molecule has 1 fully saturated rings. The largest absolute Gasteiger partial charge is 0.334 e. The van der Waals surface area contributed by atoms with E-state index in [4.69, 9.17) is 0 Å². The summed E-state index contributed by atoms with van der Waals surface area (Å²) in [6.07, 6.45) is 2.14. The average molecular weight is 343 g/mol. The van der Waals surface area contributed by atoms with E-state index >= 15 is 0 Å². The fourth-order valence-electron chi connectivity index (χ4n) is 2.99. The zero-order valence-electron chi connectivity index (χ0n) is 13.4. The van der Waals surface area contributed by atoms with Crippen molar-refractivity contribution in [3.63, 3.8) is 0 Å². The van der Waals surface area contributed by atoms with E-state index in [1.807, 2.05) is 36.4 Å². The lowest BCUT2D eigenvalue weighted by atomic mass is 10.2. The first-order valence-corrected chi connectivity index (χ1v) is 8.99. The minimum absolute atomic E-state index is 0.251. The summed E-state index contributed by atoms with van der Waals surface area (Å²) in [5.41, 5.74) is 0.998. The van der Waals surface area contributed by atoms with Crippen molar-refractivity contribution >= 4 is 23.3 Å². The molecule has 0 bridgehead atoms. The third-order valence-electron chi connectivity index (χ3n) is 4.13. The van der Waals surface area contributed by atoms with Gasteiger partial charge in [0.25, 0.3) is 0 Å². The highest BCUT2D eigenvalue weighted by molar-refractivity contribution is 7.10. The number of amides is 3. The zero-order chi connectivity index (χ0) is 16.8. The fraction of sp³-hybridized carbons (Fsp3) is 0.333. The number of urea groups is 1. The van der Waals surface area contributed by atoms with Gasteiger partial charge in [-0.2, -0.15) is 0 Å². The molecule has 1 saturated heterocycles. The number of imide groups is 1. The maximum atomic E-state index is 12.1. The molecule has 0 spiro atoms. The highest BCUT2D eigenvalue weighted by atomic mass is 32.1. The van der Waals surface area contributed by atoms with Crippen molar-refractivity contribution in [2.75, 3.05) is 13.1 Å². The van der Waals surface area contributed by atoms with Crippen LogP contribution in [0.5, 0.6) is 0 Å². The van der Waals surface area contributed by atoms with E-state index in [-0.39, 0.29) is 12.5 Å². The zero-order valence-corrected chi connectivity index (χ0v) is 14.2. The summed E-state index contributed by atoms with van der Waals surface area (Å²) in [6, 6.07) is 13.6. The number of rotatable bonds is 5. The number of nitrogens with one attached hydrogen (secondary N) is 2. The molecule has 3 amide bonds. The number of carbonyl (C=O) groups excluding carboxylic acids is 2. The van der Waals surface area contributed by atoms with Crippen molar-refractivity contribution in [2.24, 2.45) is 0 Å². The van der Waals surface area contributed by atoms with Crippen molar-refractivity contribution in [3.05, 3.63) is 58.3 Å². The van der Waals surface area contributed by atoms with Crippen LogP contribution in [-0.4, -0.2) is 29.9 Å². The Morgan fingerprint density at radius 1 is 1.17 bits per heavy atom. The van der Waals surface area contributed by atoms with Gasteiger partial charge in [0, 0.05) is 17.5 Å². The number of hydrogen-bond donors (Lipinski definition) is 2. The van der Waals surface area contributed by atoms with Crippen LogP contribution in [0.4, 0.5) is 4.79 Å². The third-order valence-corrected chi connectivity index (χ3v) is 5.10. The third kappa shape index (κ3) is 4.43. The molecule has 126 valence electrons. The summed E-state index contributed by atoms with van der Waals surface area (Å²) >= 11 is 1.72. The van der Waals surface area contributed by atoms with Gasteiger partial charge in [-0.25, -0.2) is 4.79 Å². The molecule has 1 atom stereocenters. The smallest absolute Gasteiger partial charge is 0.321 e. The lowest BCUT2D eigenvalue weighted by molar-refractivity contribution is -0.121.